The Labute approximate surface area is 161 Å². The first kappa shape index (κ1) is 16.4. The second-order valence-electron chi connectivity index (χ2n) is 6.62. The monoisotopic (exact) mass is 373 g/mol. The number of aromatic nitrogens is 4. The molecule has 0 spiro atoms. The van der Waals surface area contributed by atoms with Gasteiger partial charge in [0.05, 0.1) is 22.3 Å². The van der Waals surface area contributed by atoms with Crippen molar-refractivity contribution in [2.75, 3.05) is 22.9 Å². The molecule has 0 radical (unpaired) electrons. The number of fused-ring (bicyclic) bond motifs is 1. The number of benzene rings is 2. The van der Waals surface area contributed by atoms with Crippen LogP contribution in [0.3, 0.4) is 0 Å². The molecule has 0 atom stereocenters. The number of nitrogens with zero attached hydrogens (tertiary/aromatic N) is 3. The topological polar surface area (TPSA) is 114 Å². The van der Waals surface area contributed by atoms with Crippen LogP contribution in [-0.4, -0.2) is 26.7 Å². The van der Waals surface area contributed by atoms with Crippen LogP contribution < -0.4 is 21.1 Å². The molecule has 5 rings (SSSR count). The summed E-state index contributed by atoms with van der Waals surface area (Å²) in [6.45, 7) is 2.91. The molecule has 2 aromatic heterocycles. The van der Waals surface area contributed by atoms with Crippen molar-refractivity contribution in [3.05, 3.63) is 42.5 Å². The number of nitrogen functional groups attached to an aromatic ring is 1. The van der Waals surface area contributed by atoms with Gasteiger partial charge in [-0.2, -0.15) is 10.1 Å². The van der Waals surface area contributed by atoms with E-state index in [0.717, 1.165) is 52.4 Å². The average Bonchev–Trinajstić information content (AvgIpc) is 3.02. The third-order valence-electron chi connectivity index (χ3n) is 4.58. The minimum absolute atomic E-state index is 0.222. The number of hydrogen-bond acceptors (Lipinski definition) is 7. The van der Waals surface area contributed by atoms with Gasteiger partial charge in [0.25, 0.3) is 0 Å². The van der Waals surface area contributed by atoms with Crippen LogP contribution in [0.4, 0.5) is 23.3 Å². The van der Waals surface area contributed by atoms with E-state index >= 15 is 0 Å². The molecule has 1 aliphatic rings. The molecule has 1 aliphatic heterocycles. The first-order valence-corrected chi connectivity index (χ1v) is 9.16. The molecule has 0 aliphatic carbocycles. The van der Waals surface area contributed by atoms with Crippen molar-refractivity contribution in [3.63, 3.8) is 0 Å². The fourth-order valence-electron chi connectivity index (χ4n) is 3.30. The van der Waals surface area contributed by atoms with E-state index in [2.05, 4.69) is 37.7 Å². The Morgan fingerprint density at radius 1 is 1.11 bits per heavy atom. The van der Waals surface area contributed by atoms with E-state index in [1.807, 2.05) is 42.5 Å². The summed E-state index contributed by atoms with van der Waals surface area (Å²) >= 11 is 0. The van der Waals surface area contributed by atoms with Crippen LogP contribution in [-0.2, 0) is 0 Å². The van der Waals surface area contributed by atoms with Gasteiger partial charge in [0.2, 0.25) is 5.95 Å². The average molecular weight is 373 g/mol. The molecule has 8 heteroatoms. The largest absolute Gasteiger partial charge is 0.454 e. The number of aromatic amines is 1. The summed E-state index contributed by atoms with van der Waals surface area (Å²) in [6, 6.07) is 13.6. The van der Waals surface area contributed by atoms with E-state index < -0.39 is 0 Å². The van der Waals surface area contributed by atoms with Gasteiger partial charge in [-0.3, -0.25) is 5.10 Å². The lowest BCUT2D eigenvalue weighted by Crippen LogP contribution is -2.05. The smallest absolute Gasteiger partial charge is 0.222 e. The van der Waals surface area contributed by atoms with E-state index in [1.54, 1.807) is 0 Å². The minimum atomic E-state index is 0.222. The van der Waals surface area contributed by atoms with Crippen LogP contribution >= 0.6 is 0 Å². The summed E-state index contributed by atoms with van der Waals surface area (Å²) in [6.07, 6.45) is 0.993. The number of H-pyrrole nitrogens is 1. The zero-order valence-electron chi connectivity index (χ0n) is 15.3. The van der Waals surface area contributed by atoms with E-state index in [9.17, 15) is 0 Å². The number of nitrogens with two attached hydrogens (primary N) is 1. The Balaban J connectivity index is 1.64. The quantitative estimate of drug-likeness (QED) is 0.372. The molecule has 0 amide bonds. The Morgan fingerprint density at radius 2 is 2.00 bits per heavy atom. The molecule has 8 nitrogen and oxygen atoms in total. The summed E-state index contributed by atoms with van der Waals surface area (Å²) in [5.74, 6) is 3.10. The van der Waals surface area contributed by atoms with Gasteiger partial charge in [0, 0.05) is 18.2 Å². The summed E-state index contributed by atoms with van der Waals surface area (Å²) in [5, 5.41) is 15.0. The fraction of sp³-hybridized carbons (Fsp3) is 0.150. The third kappa shape index (κ3) is 2.75. The van der Waals surface area contributed by atoms with Crippen molar-refractivity contribution in [2.24, 2.45) is 0 Å². The lowest BCUT2D eigenvalue weighted by molar-refractivity contribution is 0.492. The standard InChI is InChI=1S/C20H19N7O/c1-2-7-22-17-10-13(24-20(21)25-17)11-8-14-18-16(9-11)28-15-6-4-3-5-12(15)23-19(18)27-26-14/h3-6,8-10H,2,7H2,1H3,(H2,23,26,27)(H3,21,22,24,25). The molecular weight excluding hydrogens is 354 g/mol. The number of anilines is 4. The number of rotatable bonds is 4. The molecule has 0 saturated carbocycles. The highest BCUT2D eigenvalue weighted by Crippen LogP contribution is 2.43. The number of para-hydroxylation sites is 2. The van der Waals surface area contributed by atoms with Gasteiger partial charge in [-0.05, 0) is 30.7 Å². The number of nitrogens with one attached hydrogen (secondary N) is 3. The Hall–Kier alpha value is -3.81. The molecule has 0 fully saturated rings. The van der Waals surface area contributed by atoms with Gasteiger partial charge >= 0.3 is 0 Å². The van der Waals surface area contributed by atoms with Crippen LogP contribution in [0.1, 0.15) is 13.3 Å². The lowest BCUT2D eigenvalue weighted by atomic mass is 10.1. The SMILES string of the molecule is CCCNc1cc(-c2cc3c4c(n[nH]c4c2)Nc2ccccc2O3)nc(N)n1. The Bertz CT molecular complexity index is 1180. The predicted octanol–water partition coefficient (Wildman–Crippen LogP) is 4.27. The van der Waals surface area contributed by atoms with Crippen molar-refractivity contribution >= 4 is 34.2 Å². The van der Waals surface area contributed by atoms with Crippen LogP contribution in [0, 0.1) is 0 Å². The molecule has 28 heavy (non-hydrogen) atoms. The lowest BCUT2D eigenvalue weighted by Gasteiger charge is -2.11. The molecule has 0 bridgehead atoms. The second kappa shape index (κ2) is 6.41. The van der Waals surface area contributed by atoms with Gasteiger partial charge in [-0.25, -0.2) is 4.98 Å². The number of ether oxygens (including phenoxy) is 1. The molecular formula is C20H19N7O. The summed E-state index contributed by atoms with van der Waals surface area (Å²) in [5.41, 5.74) is 9.23. The van der Waals surface area contributed by atoms with Crippen molar-refractivity contribution < 1.29 is 4.74 Å². The first-order valence-electron chi connectivity index (χ1n) is 9.16. The van der Waals surface area contributed by atoms with Crippen LogP contribution in [0.5, 0.6) is 11.5 Å². The van der Waals surface area contributed by atoms with Gasteiger partial charge in [-0.1, -0.05) is 19.1 Å². The van der Waals surface area contributed by atoms with E-state index in [-0.39, 0.29) is 5.95 Å². The molecule has 3 heterocycles. The minimum Gasteiger partial charge on any atom is -0.454 e. The predicted molar refractivity (Wildman–Crippen MR) is 110 cm³/mol. The van der Waals surface area contributed by atoms with Gasteiger partial charge < -0.3 is 21.1 Å². The maximum atomic E-state index is 6.21. The Morgan fingerprint density at radius 3 is 2.89 bits per heavy atom. The summed E-state index contributed by atoms with van der Waals surface area (Å²) < 4.78 is 6.21. The normalized spacial score (nSPS) is 12.0. The van der Waals surface area contributed by atoms with Crippen molar-refractivity contribution in [1.82, 2.24) is 20.2 Å². The zero-order valence-corrected chi connectivity index (χ0v) is 15.3. The highest BCUT2D eigenvalue weighted by atomic mass is 16.5. The van der Waals surface area contributed by atoms with E-state index in [4.69, 9.17) is 10.5 Å². The van der Waals surface area contributed by atoms with Crippen LogP contribution in [0.25, 0.3) is 22.2 Å². The summed E-state index contributed by atoms with van der Waals surface area (Å²) in [7, 11) is 0. The van der Waals surface area contributed by atoms with E-state index in [1.165, 1.54) is 0 Å². The van der Waals surface area contributed by atoms with Gasteiger partial charge in [0.1, 0.15) is 11.6 Å². The summed E-state index contributed by atoms with van der Waals surface area (Å²) in [4.78, 5) is 8.66. The maximum absolute atomic E-state index is 6.21. The third-order valence-corrected chi connectivity index (χ3v) is 4.58. The van der Waals surface area contributed by atoms with Crippen molar-refractivity contribution in [1.29, 1.82) is 0 Å². The van der Waals surface area contributed by atoms with E-state index in [0.29, 0.717) is 11.6 Å². The molecule has 4 aromatic rings. The van der Waals surface area contributed by atoms with Gasteiger partial charge in [0.15, 0.2) is 11.6 Å². The molecule has 140 valence electrons. The molecule has 2 aromatic carbocycles. The van der Waals surface area contributed by atoms with Gasteiger partial charge in [-0.15, -0.1) is 0 Å². The molecule has 5 N–H and O–H groups in total. The molecule has 0 saturated heterocycles. The molecule has 0 unspecified atom stereocenters. The second-order valence-corrected chi connectivity index (χ2v) is 6.62. The van der Waals surface area contributed by atoms with Crippen LogP contribution in [0.2, 0.25) is 0 Å². The zero-order chi connectivity index (χ0) is 19.1. The van der Waals surface area contributed by atoms with Crippen molar-refractivity contribution in [2.45, 2.75) is 13.3 Å². The Kier molecular flexibility index (Phi) is 3.75. The fourth-order valence-corrected chi connectivity index (χ4v) is 3.30. The maximum Gasteiger partial charge on any atom is 0.222 e. The first-order chi connectivity index (χ1) is 13.7. The highest BCUT2D eigenvalue weighted by Gasteiger charge is 2.21. The van der Waals surface area contributed by atoms with Crippen molar-refractivity contribution in [3.8, 4) is 22.8 Å². The van der Waals surface area contributed by atoms with Crippen LogP contribution in [0.15, 0.2) is 42.5 Å². The highest BCUT2D eigenvalue weighted by molar-refractivity contribution is 6.00. The number of hydrogen-bond donors (Lipinski definition) is 4.